The lowest BCUT2D eigenvalue weighted by molar-refractivity contribution is -0.121. The predicted molar refractivity (Wildman–Crippen MR) is 106 cm³/mol. The Morgan fingerprint density at radius 2 is 1.89 bits per heavy atom. The molecule has 1 atom stereocenters. The van der Waals surface area contributed by atoms with Gasteiger partial charge in [0.25, 0.3) is 11.8 Å². The van der Waals surface area contributed by atoms with Gasteiger partial charge in [-0.15, -0.1) is 10.2 Å². The molecule has 2 amide bonds. The van der Waals surface area contributed by atoms with Crippen molar-refractivity contribution in [3.05, 3.63) is 35.9 Å². The molecule has 0 spiro atoms. The van der Waals surface area contributed by atoms with Crippen LogP contribution in [-0.2, 0) is 16.1 Å². The smallest absolute Gasteiger partial charge is 0.269 e. The fourth-order valence-corrected chi connectivity index (χ4v) is 3.64. The van der Waals surface area contributed by atoms with Crippen LogP contribution in [0, 0.1) is 0 Å². The molecule has 1 saturated heterocycles. The number of benzene rings is 1. The van der Waals surface area contributed by atoms with Crippen molar-refractivity contribution in [2.75, 3.05) is 31.2 Å². The predicted octanol–water partition coefficient (Wildman–Crippen LogP) is 1.08. The number of carbonyl (C=O) groups is 2. The number of aromatic nitrogens is 3. The Morgan fingerprint density at radius 3 is 2.57 bits per heavy atom. The summed E-state index contributed by atoms with van der Waals surface area (Å²) in [6.45, 7) is 7.34. The fourth-order valence-electron chi connectivity index (χ4n) is 2.74. The molecular formula is C18H24N6O3S. The van der Waals surface area contributed by atoms with Crippen LogP contribution in [0.15, 0.2) is 35.5 Å². The lowest BCUT2D eigenvalue weighted by Gasteiger charge is -2.27. The highest BCUT2D eigenvalue weighted by Gasteiger charge is 2.23. The lowest BCUT2D eigenvalue weighted by atomic mass is 10.2. The van der Waals surface area contributed by atoms with E-state index < -0.39 is 5.25 Å². The standard InChI is InChI=1S/C18H24N6O3S/c1-3-24-17(23-9-11-27-12-10-23)21-22-18(24)28-13(2)15(25)19-20-16(26)14-7-5-4-6-8-14/h4-8,13H,3,9-12H2,1-2H3,(H,19,25)(H,20,26)/t13-/m0/s1. The zero-order valence-electron chi connectivity index (χ0n) is 15.9. The van der Waals surface area contributed by atoms with Crippen molar-refractivity contribution in [3.63, 3.8) is 0 Å². The second kappa shape index (κ2) is 9.56. The summed E-state index contributed by atoms with van der Waals surface area (Å²) in [6.07, 6.45) is 0. The van der Waals surface area contributed by atoms with E-state index in [0.29, 0.717) is 30.5 Å². The summed E-state index contributed by atoms with van der Waals surface area (Å²) in [5.41, 5.74) is 5.37. The number of rotatable bonds is 6. The molecule has 0 aliphatic carbocycles. The maximum atomic E-state index is 12.4. The van der Waals surface area contributed by atoms with Crippen molar-refractivity contribution in [1.29, 1.82) is 0 Å². The molecule has 3 rings (SSSR count). The summed E-state index contributed by atoms with van der Waals surface area (Å²) in [7, 11) is 0. The number of hydrogen-bond donors (Lipinski definition) is 2. The molecule has 0 radical (unpaired) electrons. The Kier molecular flexibility index (Phi) is 6.88. The zero-order chi connectivity index (χ0) is 19.9. The molecule has 28 heavy (non-hydrogen) atoms. The van der Waals surface area contributed by atoms with Gasteiger partial charge in [-0.1, -0.05) is 30.0 Å². The molecule has 1 aromatic carbocycles. The molecule has 2 aromatic rings. The number of morpholine rings is 1. The topological polar surface area (TPSA) is 101 Å². The van der Waals surface area contributed by atoms with Crippen LogP contribution >= 0.6 is 11.8 Å². The van der Waals surface area contributed by atoms with Gasteiger partial charge in [-0.05, 0) is 26.0 Å². The summed E-state index contributed by atoms with van der Waals surface area (Å²) >= 11 is 1.30. The molecule has 2 heterocycles. The minimum absolute atomic E-state index is 0.312. The Labute approximate surface area is 167 Å². The van der Waals surface area contributed by atoms with Crippen LogP contribution in [0.1, 0.15) is 24.2 Å². The molecule has 1 fully saturated rings. The number of amides is 2. The Morgan fingerprint density at radius 1 is 1.18 bits per heavy atom. The second-order valence-electron chi connectivity index (χ2n) is 6.20. The van der Waals surface area contributed by atoms with Gasteiger partial charge in [0.15, 0.2) is 5.16 Å². The molecule has 0 unspecified atom stereocenters. The van der Waals surface area contributed by atoms with Crippen LogP contribution in [0.5, 0.6) is 0 Å². The number of hydrogen-bond acceptors (Lipinski definition) is 7. The van der Waals surface area contributed by atoms with E-state index in [-0.39, 0.29) is 11.8 Å². The van der Waals surface area contributed by atoms with Crippen molar-refractivity contribution < 1.29 is 14.3 Å². The van der Waals surface area contributed by atoms with Crippen molar-refractivity contribution in [3.8, 4) is 0 Å². The third kappa shape index (κ3) is 4.82. The van der Waals surface area contributed by atoms with Gasteiger partial charge < -0.3 is 9.64 Å². The van der Waals surface area contributed by atoms with E-state index in [1.165, 1.54) is 11.8 Å². The van der Waals surface area contributed by atoms with Gasteiger partial charge in [-0.3, -0.25) is 25.0 Å². The first-order chi connectivity index (χ1) is 13.6. The summed E-state index contributed by atoms with van der Waals surface area (Å²) < 4.78 is 7.37. The zero-order valence-corrected chi connectivity index (χ0v) is 16.7. The number of carbonyl (C=O) groups excluding carboxylic acids is 2. The third-order valence-corrected chi connectivity index (χ3v) is 5.37. The highest BCUT2D eigenvalue weighted by atomic mass is 32.2. The molecule has 1 aromatic heterocycles. The van der Waals surface area contributed by atoms with E-state index in [9.17, 15) is 9.59 Å². The molecule has 10 heteroatoms. The number of ether oxygens (including phenoxy) is 1. The Balaban J connectivity index is 1.57. The van der Waals surface area contributed by atoms with E-state index in [4.69, 9.17) is 4.74 Å². The van der Waals surface area contributed by atoms with Gasteiger partial charge >= 0.3 is 0 Å². The third-order valence-electron chi connectivity index (χ3n) is 4.29. The largest absolute Gasteiger partial charge is 0.378 e. The van der Waals surface area contributed by atoms with Crippen LogP contribution in [0.3, 0.4) is 0 Å². The molecule has 2 N–H and O–H groups in total. The molecule has 1 aliphatic rings. The average Bonchev–Trinajstić information content (AvgIpc) is 3.15. The fraction of sp³-hybridized carbons (Fsp3) is 0.444. The normalized spacial score (nSPS) is 15.1. The number of hydrazine groups is 1. The van der Waals surface area contributed by atoms with Crippen LogP contribution in [-0.4, -0.2) is 58.1 Å². The number of anilines is 1. The van der Waals surface area contributed by atoms with Crippen LogP contribution < -0.4 is 15.8 Å². The van der Waals surface area contributed by atoms with Crippen molar-refractivity contribution >= 4 is 29.5 Å². The van der Waals surface area contributed by atoms with Gasteiger partial charge in [0.2, 0.25) is 5.95 Å². The van der Waals surface area contributed by atoms with Gasteiger partial charge in [0.05, 0.1) is 18.5 Å². The highest BCUT2D eigenvalue weighted by Crippen LogP contribution is 2.26. The monoisotopic (exact) mass is 404 g/mol. The Bertz CT molecular complexity index is 807. The number of nitrogens with one attached hydrogen (secondary N) is 2. The quantitative estimate of drug-likeness (QED) is 0.549. The summed E-state index contributed by atoms with van der Waals surface area (Å²) in [4.78, 5) is 26.5. The number of nitrogens with zero attached hydrogens (tertiary/aromatic N) is 4. The van der Waals surface area contributed by atoms with Gasteiger partial charge in [-0.25, -0.2) is 0 Å². The first-order valence-electron chi connectivity index (χ1n) is 9.18. The first kappa shape index (κ1) is 20.2. The van der Waals surface area contributed by atoms with Gasteiger partial charge in [0, 0.05) is 25.2 Å². The highest BCUT2D eigenvalue weighted by molar-refractivity contribution is 8.00. The molecule has 0 saturated carbocycles. The maximum Gasteiger partial charge on any atom is 0.269 e. The van der Waals surface area contributed by atoms with Gasteiger partial charge in [0.1, 0.15) is 0 Å². The SMILES string of the molecule is CCn1c(S[C@@H](C)C(=O)NNC(=O)c2ccccc2)nnc1N1CCOCC1. The summed E-state index contributed by atoms with van der Waals surface area (Å²) in [5, 5.41) is 8.76. The van der Waals surface area contributed by atoms with Crippen molar-refractivity contribution in [2.45, 2.75) is 30.8 Å². The van der Waals surface area contributed by atoms with E-state index in [1.54, 1.807) is 31.2 Å². The lowest BCUT2D eigenvalue weighted by Crippen LogP contribution is -2.45. The second-order valence-corrected chi connectivity index (χ2v) is 7.50. The van der Waals surface area contributed by atoms with Crippen molar-refractivity contribution in [2.24, 2.45) is 0 Å². The first-order valence-corrected chi connectivity index (χ1v) is 10.1. The minimum Gasteiger partial charge on any atom is -0.378 e. The van der Waals surface area contributed by atoms with E-state index in [0.717, 1.165) is 19.0 Å². The van der Waals surface area contributed by atoms with E-state index in [2.05, 4.69) is 25.9 Å². The van der Waals surface area contributed by atoms with Gasteiger partial charge in [-0.2, -0.15) is 0 Å². The van der Waals surface area contributed by atoms with Crippen LogP contribution in [0.2, 0.25) is 0 Å². The maximum absolute atomic E-state index is 12.4. The Hall–Kier alpha value is -2.59. The summed E-state index contributed by atoms with van der Waals surface area (Å²) in [6, 6.07) is 8.70. The average molecular weight is 404 g/mol. The van der Waals surface area contributed by atoms with Crippen molar-refractivity contribution in [1.82, 2.24) is 25.6 Å². The van der Waals surface area contributed by atoms with Crippen LogP contribution in [0.25, 0.3) is 0 Å². The molecule has 9 nitrogen and oxygen atoms in total. The van der Waals surface area contributed by atoms with E-state index >= 15 is 0 Å². The summed E-state index contributed by atoms with van der Waals surface area (Å²) in [5.74, 6) is 0.114. The molecular weight excluding hydrogens is 380 g/mol. The van der Waals surface area contributed by atoms with Crippen LogP contribution in [0.4, 0.5) is 5.95 Å². The molecule has 150 valence electrons. The number of thioether (sulfide) groups is 1. The molecule has 0 bridgehead atoms. The molecule has 1 aliphatic heterocycles. The minimum atomic E-state index is -0.455. The van der Waals surface area contributed by atoms with E-state index in [1.807, 2.05) is 17.6 Å².